The van der Waals surface area contributed by atoms with Crippen molar-refractivity contribution < 1.29 is 4.74 Å². The number of pyridine rings is 1. The number of methoxy groups -OCH3 is 1. The lowest BCUT2D eigenvalue weighted by Crippen LogP contribution is -2.19. The maximum Gasteiger partial charge on any atom is 0.250 e. The number of nitrogens with one attached hydrogen (secondary N) is 1. The monoisotopic (exact) mass is 284 g/mol. The van der Waals surface area contributed by atoms with Gasteiger partial charge in [-0.2, -0.15) is 0 Å². The summed E-state index contributed by atoms with van der Waals surface area (Å²) >= 11 is 0. The second-order valence-corrected chi connectivity index (χ2v) is 5.47. The highest BCUT2D eigenvalue weighted by atomic mass is 16.5. The first-order valence-corrected chi connectivity index (χ1v) is 7.31. The fraction of sp³-hybridized carbons (Fsp3) is 0.353. The zero-order valence-electron chi connectivity index (χ0n) is 12.2. The van der Waals surface area contributed by atoms with Crippen LogP contribution in [0.4, 0.5) is 0 Å². The van der Waals surface area contributed by atoms with Gasteiger partial charge in [0.2, 0.25) is 0 Å². The Balaban J connectivity index is 1.82. The molecule has 1 aliphatic carbocycles. The summed E-state index contributed by atoms with van der Waals surface area (Å²) in [6.45, 7) is 1.39. The van der Waals surface area contributed by atoms with E-state index in [0.29, 0.717) is 12.6 Å². The van der Waals surface area contributed by atoms with Crippen molar-refractivity contribution in [3.63, 3.8) is 0 Å². The van der Waals surface area contributed by atoms with Gasteiger partial charge in [0.15, 0.2) is 0 Å². The molecule has 0 atom stereocenters. The average molecular weight is 284 g/mol. The Labute approximate surface area is 124 Å². The molecule has 1 aliphatic rings. The Morgan fingerprint density at radius 3 is 2.86 bits per heavy atom. The molecule has 1 N–H and O–H groups in total. The molecule has 4 heteroatoms. The zero-order chi connectivity index (χ0) is 14.7. The van der Waals surface area contributed by atoms with Gasteiger partial charge in [0.05, 0.1) is 13.7 Å². The first-order chi connectivity index (χ1) is 10.3. The van der Waals surface area contributed by atoms with Crippen molar-refractivity contribution in [3.05, 3.63) is 64.1 Å². The summed E-state index contributed by atoms with van der Waals surface area (Å²) in [5, 5.41) is 3.50. The van der Waals surface area contributed by atoms with Gasteiger partial charge in [0.25, 0.3) is 5.56 Å². The molecule has 1 aromatic carbocycles. The minimum Gasteiger partial charge on any atom is -0.496 e. The van der Waals surface area contributed by atoms with E-state index < -0.39 is 0 Å². The molecule has 1 saturated carbocycles. The van der Waals surface area contributed by atoms with E-state index in [4.69, 9.17) is 4.74 Å². The number of nitrogens with zero attached hydrogens (tertiary/aromatic N) is 1. The molecule has 0 spiro atoms. The van der Waals surface area contributed by atoms with Crippen LogP contribution >= 0.6 is 0 Å². The summed E-state index contributed by atoms with van der Waals surface area (Å²) in [6, 6.07) is 12.1. The lowest BCUT2D eigenvalue weighted by atomic mass is 10.1. The molecule has 1 fully saturated rings. The molecule has 1 aromatic heterocycles. The van der Waals surface area contributed by atoms with Crippen LogP contribution in [0.5, 0.6) is 5.75 Å². The van der Waals surface area contributed by atoms with Crippen molar-refractivity contribution in [2.45, 2.75) is 32.0 Å². The zero-order valence-corrected chi connectivity index (χ0v) is 12.2. The van der Waals surface area contributed by atoms with Crippen molar-refractivity contribution in [1.29, 1.82) is 0 Å². The van der Waals surface area contributed by atoms with Crippen LogP contribution in [-0.2, 0) is 13.1 Å². The van der Waals surface area contributed by atoms with E-state index in [1.54, 1.807) is 30.0 Å². The number of benzene rings is 1. The third kappa shape index (κ3) is 3.52. The van der Waals surface area contributed by atoms with E-state index >= 15 is 0 Å². The van der Waals surface area contributed by atoms with E-state index in [0.717, 1.165) is 17.9 Å². The second kappa shape index (κ2) is 6.14. The standard InChI is InChI=1S/C17H20N2O2/c1-21-16-8-5-13(11-18-15-6-7-15)10-14(16)12-19-9-3-2-4-17(19)20/h2-5,8-10,15,18H,6-7,11-12H2,1H3. The molecule has 0 saturated heterocycles. The van der Waals surface area contributed by atoms with Crippen LogP contribution in [-0.4, -0.2) is 17.7 Å². The van der Waals surface area contributed by atoms with Crippen LogP contribution in [0.15, 0.2) is 47.4 Å². The van der Waals surface area contributed by atoms with Gasteiger partial charge < -0.3 is 14.6 Å². The Hall–Kier alpha value is -2.07. The van der Waals surface area contributed by atoms with Crippen LogP contribution in [0.2, 0.25) is 0 Å². The molecule has 0 unspecified atom stereocenters. The Kier molecular flexibility index (Phi) is 4.06. The molecule has 0 bridgehead atoms. The minimum atomic E-state index is 0.000983. The molecular weight excluding hydrogens is 264 g/mol. The smallest absolute Gasteiger partial charge is 0.250 e. The molecule has 1 heterocycles. The van der Waals surface area contributed by atoms with E-state index in [2.05, 4.69) is 17.4 Å². The number of aromatic nitrogens is 1. The van der Waals surface area contributed by atoms with Gasteiger partial charge in [0, 0.05) is 30.4 Å². The van der Waals surface area contributed by atoms with Gasteiger partial charge >= 0.3 is 0 Å². The Morgan fingerprint density at radius 2 is 2.14 bits per heavy atom. The van der Waals surface area contributed by atoms with Crippen LogP contribution in [0.3, 0.4) is 0 Å². The van der Waals surface area contributed by atoms with Crippen LogP contribution in [0.25, 0.3) is 0 Å². The number of rotatable bonds is 6. The molecule has 0 radical (unpaired) electrons. The topological polar surface area (TPSA) is 43.3 Å². The minimum absolute atomic E-state index is 0.000983. The highest BCUT2D eigenvalue weighted by Gasteiger charge is 2.20. The highest BCUT2D eigenvalue weighted by molar-refractivity contribution is 5.37. The third-order valence-electron chi connectivity index (χ3n) is 3.76. The summed E-state index contributed by atoms with van der Waals surface area (Å²) in [6.07, 6.45) is 4.36. The first kappa shape index (κ1) is 13.9. The summed E-state index contributed by atoms with van der Waals surface area (Å²) in [7, 11) is 1.66. The maximum atomic E-state index is 11.8. The van der Waals surface area contributed by atoms with Crippen molar-refractivity contribution in [3.8, 4) is 5.75 Å². The maximum absolute atomic E-state index is 11.8. The number of hydrogen-bond donors (Lipinski definition) is 1. The SMILES string of the molecule is COc1ccc(CNC2CC2)cc1Cn1ccccc1=O. The van der Waals surface area contributed by atoms with E-state index in [9.17, 15) is 4.79 Å². The van der Waals surface area contributed by atoms with Gasteiger partial charge in [-0.05, 0) is 36.6 Å². The third-order valence-corrected chi connectivity index (χ3v) is 3.76. The molecule has 0 aliphatic heterocycles. The first-order valence-electron chi connectivity index (χ1n) is 7.31. The van der Waals surface area contributed by atoms with Crippen LogP contribution in [0, 0.1) is 0 Å². The van der Waals surface area contributed by atoms with Gasteiger partial charge in [-0.1, -0.05) is 12.1 Å². The van der Waals surface area contributed by atoms with Crippen LogP contribution in [0.1, 0.15) is 24.0 Å². The molecule has 2 aromatic rings. The van der Waals surface area contributed by atoms with Crippen LogP contribution < -0.4 is 15.6 Å². The highest BCUT2D eigenvalue weighted by Crippen LogP contribution is 2.23. The summed E-state index contributed by atoms with van der Waals surface area (Å²) in [4.78, 5) is 11.8. The molecule has 110 valence electrons. The Morgan fingerprint density at radius 1 is 1.29 bits per heavy atom. The van der Waals surface area contributed by atoms with Gasteiger partial charge in [-0.25, -0.2) is 0 Å². The number of ether oxygens (including phenoxy) is 1. The van der Waals surface area contributed by atoms with Gasteiger partial charge in [0.1, 0.15) is 5.75 Å². The predicted molar refractivity (Wildman–Crippen MR) is 82.7 cm³/mol. The van der Waals surface area contributed by atoms with E-state index in [1.165, 1.54) is 18.4 Å². The second-order valence-electron chi connectivity index (χ2n) is 5.47. The fourth-order valence-electron chi connectivity index (χ4n) is 2.39. The summed E-state index contributed by atoms with van der Waals surface area (Å²) in [5.74, 6) is 0.820. The van der Waals surface area contributed by atoms with E-state index in [-0.39, 0.29) is 5.56 Å². The van der Waals surface area contributed by atoms with E-state index in [1.807, 2.05) is 12.1 Å². The molecule has 4 nitrogen and oxygen atoms in total. The summed E-state index contributed by atoms with van der Waals surface area (Å²) < 4.78 is 7.10. The van der Waals surface area contributed by atoms with Crippen molar-refractivity contribution >= 4 is 0 Å². The van der Waals surface area contributed by atoms with Crippen molar-refractivity contribution in [2.75, 3.05) is 7.11 Å². The molecular formula is C17H20N2O2. The average Bonchev–Trinajstić information content (AvgIpc) is 3.32. The summed E-state index contributed by atoms with van der Waals surface area (Å²) in [5.41, 5.74) is 2.25. The van der Waals surface area contributed by atoms with Crippen molar-refractivity contribution in [1.82, 2.24) is 9.88 Å². The molecule has 21 heavy (non-hydrogen) atoms. The predicted octanol–water partition coefficient (Wildman–Crippen LogP) is 2.16. The van der Waals surface area contributed by atoms with Gasteiger partial charge in [-0.15, -0.1) is 0 Å². The fourth-order valence-corrected chi connectivity index (χ4v) is 2.39. The lowest BCUT2D eigenvalue weighted by molar-refractivity contribution is 0.408. The molecule has 3 rings (SSSR count). The number of hydrogen-bond acceptors (Lipinski definition) is 3. The van der Waals surface area contributed by atoms with Crippen molar-refractivity contribution in [2.24, 2.45) is 0 Å². The lowest BCUT2D eigenvalue weighted by Gasteiger charge is -2.12. The largest absolute Gasteiger partial charge is 0.496 e. The normalized spacial score (nSPS) is 14.1. The Bertz CT molecular complexity index is 674. The van der Waals surface area contributed by atoms with Gasteiger partial charge in [-0.3, -0.25) is 4.79 Å². The quantitative estimate of drug-likeness (QED) is 0.884. The molecule has 0 amide bonds.